The van der Waals surface area contributed by atoms with Crippen LogP contribution in [0.3, 0.4) is 0 Å². The van der Waals surface area contributed by atoms with Gasteiger partial charge in [0, 0.05) is 5.56 Å². The van der Waals surface area contributed by atoms with Gasteiger partial charge in [-0.15, -0.1) is 0 Å². The van der Waals surface area contributed by atoms with Gasteiger partial charge in [-0.2, -0.15) is 0 Å². The first-order chi connectivity index (χ1) is 10.0. The lowest BCUT2D eigenvalue weighted by atomic mass is 10.1. The normalized spacial score (nSPS) is 16.6. The Morgan fingerprint density at radius 2 is 2.10 bits per heavy atom. The minimum atomic E-state index is -0.497. The Kier molecular flexibility index (Phi) is 3.55. The van der Waals surface area contributed by atoms with Gasteiger partial charge in [-0.25, -0.2) is 4.39 Å². The highest BCUT2D eigenvalue weighted by molar-refractivity contribution is 6.33. The highest BCUT2D eigenvalue weighted by Crippen LogP contribution is 2.36. The third kappa shape index (κ3) is 2.72. The topological polar surface area (TPSA) is 55.1 Å². The molecule has 3 nitrogen and oxygen atoms in total. The van der Waals surface area contributed by atoms with Crippen molar-refractivity contribution in [2.45, 2.75) is 18.9 Å². The van der Waals surface area contributed by atoms with E-state index in [1.165, 1.54) is 6.07 Å². The van der Waals surface area contributed by atoms with Crippen LogP contribution in [0.4, 0.5) is 10.1 Å². The van der Waals surface area contributed by atoms with Crippen LogP contribution in [0.1, 0.15) is 33.9 Å². The van der Waals surface area contributed by atoms with E-state index in [2.05, 4.69) is 5.32 Å². The monoisotopic (exact) mass is 304 g/mol. The summed E-state index contributed by atoms with van der Waals surface area (Å²) in [6.07, 6.45) is 1.67. The molecule has 3 N–H and O–H groups in total. The van der Waals surface area contributed by atoms with Crippen LogP contribution in [0.5, 0.6) is 0 Å². The molecule has 1 aliphatic carbocycles. The van der Waals surface area contributed by atoms with E-state index in [1.54, 1.807) is 30.3 Å². The molecule has 1 unspecified atom stereocenters. The van der Waals surface area contributed by atoms with Gasteiger partial charge in [0.2, 0.25) is 5.91 Å². The molecule has 2 aromatic carbocycles. The maximum atomic E-state index is 13.2. The number of hydrogen-bond acceptors (Lipinski definition) is 2. The lowest BCUT2D eigenvalue weighted by molar-refractivity contribution is 0.100. The lowest BCUT2D eigenvalue weighted by Gasteiger charge is -2.17. The first-order valence-electron chi connectivity index (χ1n) is 6.69. The first kappa shape index (κ1) is 13.9. The summed E-state index contributed by atoms with van der Waals surface area (Å²) >= 11 is 6.16. The number of amides is 1. The van der Waals surface area contributed by atoms with E-state index >= 15 is 0 Å². The maximum Gasteiger partial charge on any atom is 0.248 e. The van der Waals surface area contributed by atoms with E-state index in [0.29, 0.717) is 16.3 Å². The van der Waals surface area contributed by atoms with Crippen LogP contribution in [-0.2, 0) is 6.42 Å². The zero-order valence-electron chi connectivity index (χ0n) is 11.2. The molecule has 1 amide bonds. The molecule has 3 rings (SSSR count). The van der Waals surface area contributed by atoms with Gasteiger partial charge in [0.1, 0.15) is 5.82 Å². The van der Waals surface area contributed by atoms with Crippen molar-refractivity contribution >= 4 is 23.2 Å². The summed E-state index contributed by atoms with van der Waals surface area (Å²) in [6, 6.07) is 9.76. The van der Waals surface area contributed by atoms with Crippen molar-refractivity contribution in [1.29, 1.82) is 0 Å². The van der Waals surface area contributed by atoms with Crippen LogP contribution in [0.25, 0.3) is 0 Å². The lowest BCUT2D eigenvalue weighted by Crippen LogP contribution is -2.12. The van der Waals surface area contributed by atoms with Crippen molar-refractivity contribution in [1.82, 2.24) is 0 Å². The van der Waals surface area contributed by atoms with Crippen molar-refractivity contribution in [3.05, 3.63) is 63.9 Å². The number of nitrogens with two attached hydrogens (primary N) is 1. The second-order valence-corrected chi connectivity index (χ2v) is 5.54. The van der Waals surface area contributed by atoms with Crippen LogP contribution >= 0.6 is 11.6 Å². The number of rotatable bonds is 3. The van der Waals surface area contributed by atoms with Crippen LogP contribution in [0.15, 0.2) is 36.4 Å². The third-order valence-corrected chi connectivity index (χ3v) is 4.09. The van der Waals surface area contributed by atoms with Crippen molar-refractivity contribution in [3.63, 3.8) is 0 Å². The fourth-order valence-electron chi connectivity index (χ4n) is 2.71. The number of primary amides is 1. The quantitative estimate of drug-likeness (QED) is 0.909. The number of nitrogens with one attached hydrogen (secondary N) is 1. The van der Waals surface area contributed by atoms with Crippen molar-refractivity contribution in [2.24, 2.45) is 5.73 Å². The van der Waals surface area contributed by atoms with Gasteiger partial charge < -0.3 is 11.1 Å². The van der Waals surface area contributed by atoms with Gasteiger partial charge >= 0.3 is 0 Å². The molecule has 0 heterocycles. The van der Waals surface area contributed by atoms with E-state index < -0.39 is 5.91 Å². The molecule has 0 saturated heterocycles. The van der Waals surface area contributed by atoms with Crippen LogP contribution in [0.2, 0.25) is 5.02 Å². The molecule has 0 aliphatic heterocycles. The highest BCUT2D eigenvalue weighted by atomic mass is 35.5. The summed E-state index contributed by atoms with van der Waals surface area (Å²) in [5, 5.41) is 3.84. The number of halogens is 2. The number of carbonyl (C=O) groups excluding carboxylic acids is 1. The zero-order chi connectivity index (χ0) is 15.0. The van der Waals surface area contributed by atoms with Crippen LogP contribution in [0, 0.1) is 5.82 Å². The van der Waals surface area contributed by atoms with Gasteiger partial charge in [0.05, 0.1) is 16.8 Å². The number of aryl methyl sites for hydroxylation is 1. The Morgan fingerprint density at radius 3 is 2.86 bits per heavy atom. The van der Waals surface area contributed by atoms with E-state index in [4.69, 9.17) is 17.3 Å². The average molecular weight is 305 g/mol. The van der Waals surface area contributed by atoms with Gasteiger partial charge in [0.25, 0.3) is 0 Å². The SMILES string of the molecule is NC(=O)c1ccc(Cl)c(NC2CCc3cc(F)ccc32)c1. The number of hydrogen-bond donors (Lipinski definition) is 2. The number of anilines is 1. The summed E-state index contributed by atoms with van der Waals surface area (Å²) in [7, 11) is 0. The van der Waals surface area contributed by atoms with E-state index in [9.17, 15) is 9.18 Å². The molecule has 1 aliphatic rings. The zero-order valence-corrected chi connectivity index (χ0v) is 12.0. The Hall–Kier alpha value is -2.07. The van der Waals surface area contributed by atoms with Gasteiger partial charge in [0.15, 0.2) is 0 Å². The summed E-state index contributed by atoms with van der Waals surface area (Å²) in [6.45, 7) is 0. The minimum absolute atomic E-state index is 0.0567. The van der Waals surface area contributed by atoms with Gasteiger partial charge in [-0.05, 0) is 54.3 Å². The Labute approximate surface area is 126 Å². The van der Waals surface area contributed by atoms with Crippen LogP contribution in [-0.4, -0.2) is 5.91 Å². The predicted octanol–water partition coefficient (Wildman–Crippen LogP) is 3.68. The molecule has 0 fully saturated rings. The molecule has 108 valence electrons. The number of fused-ring (bicyclic) bond motifs is 1. The molecule has 21 heavy (non-hydrogen) atoms. The standard InChI is InChI=1S/C16H14ClFN2O/c17-13-5-1-10(16(19)21)8-15(13)20-14-6-2-9-7-11(18)3-4-12(9)14/h1,3-5,7-8,14,20H,2,6H2,(H2,19,21). The second kappa shape index (κ2) is 5.37. The minimum Gasteiger partial charge on any atom is -0.377 e. The smallest absolute Gasteiger partial charge is 0.248 e. The maximum absolute atomic E-state index is 13.2. The van der Waals surface area contributed by atoms with E-state index in [0.717, 1.165) is 24.0 Å². The molecule has 0 aromatic heterocycles. The van der Waals surface area contributed by atoms with E-state index in [-0.39, 0.29) is 11.9 Å². The molecule has 2 aromatic rings. The molecule has 5 heteroatoms. The number of carbonyl (C=O) groups is 1. The van der Waals surface area contributed by atoms with Crippen molar-refractivity contribution in [3.8, 4) is 0 Å². The van der Waals surface area contributed by atoms with Crippen molar-refractivity contribution < 1.29 is 9.18 Å². The summed E-state index contributed by atoms with van der Waals surface area (Å²) in [5.74, 6) is -0.716. The molecular formula is C16H14ClFN2O. The Bertz CT molecular complexity index is 717. The Morgan fingerprint density at radius 1 is 1.29 bits per heavy atom. The first-order valence-corrected chi connectivity index (χ1v) is 7.06. The molecule has 0 radical (unpaired) electrons. The largest absolute Gasteiger partial charge is 0.377 e. The Balaban J connectivity index is 1.89. The second-order valence-electron chi connectivity index (χ2n) is 5.14. The van der Waals surface area contributed by atoms with Crippen molar-refractivity contribution in [2.75, 3.05) is 5.32 Å². The molecule has 0 bridgehead atoms. The van der Waals surface area contributed by atoms with E-state index in [1.807, 2.05) is 0 Å². The summed E-state index contributed by atoms with van der Waals surface area (Å²) in [5.41, 5.74) is 8.42. The molecule has 0 spiro atoms. The fraction of sp³-hybridized carbons (Fsp3) is 0.188. The highest BCUT2D eigenvalue weighted by Gasteiger charge is 2.23. The number of benzene rings is 2. The molecular weight excluding hydrogens is 291 g/mol. The summed E-state index contributed by atoms with van der Waals surface area (Å²) in [4.78, 5) is 11.2. The predicted molar refractivity (Wildman–Crippen MR) is 81.1 cm³/mol. The molecule has 0 saturated carbocycles. The van der Waals surface area contributed by atoms with Gasteiger partial charge in [-0.3, -0.25) is 4.79 Å². The average Bonchev–Trinajstić information content (AvgIpc) is 2.83. The van der Waals surface area contributed by atoms with Crippen LogP contribution < -0.4 is 11.1 Å². The summed E-state index contributed by atoms with van der Waals surface area (Å²) < 4.78 is 13.2. The fourth-order valence-corrected chi connectivity index (χ4v) is 2.88. The molecule has 1 atom stereocenters. The van der Waals surface area contributed by atoms with Gasteiger partial charge in [-0.1, -0.05) is 17.7 Å². The third-order valence-electron chi connectivity index (χ3n) is 3.76.